The van der Waals surface area contributed by atoms with Crippen LogP contribution in [-0.4, -0.2) is 40.0 Å². The van der Waals surface area contributed by atoms with E-state index < -0.39 is 0 Å². The zero-order valence-electron chi connectivity index (χ0n) is 12.3. The molecule has 0 radical (unpaired) electrons. The van der Waals surface area contributed by atoms with Crippen LogP contribution in [-0.2, 0) is 11.3 Å². The Morgan fingerprint density at radius 1 is 1.41 bits per heavy atom. The Balaban J connectivity index is 1.58. The van der Waals surface area contributed by atoms with Crippen molar-refractivity contribution in [3.05, 3.63) is 34.6 Å². The summed E-state index contributed by atoms with van der Waals surface area (Å²) in [5.74, 6) is -0.0736. The lowest BCUT2D eigenvalue weighted by atomic mass is 10.2. The normalized spacial score (nSPS) is 17.7. The molecule has 7 nitrogen and oxygen atoms in total. The summed E-state index contributed by atoms with van der Waals surface area (Å²) in [7, 11) is 0. The molecule has 1 aliphatic heterocycles. The van der Waals surface area contributed by atoms with Gasteiger partial charge in [-0.25, -0.2) is 4.68 Å². The summed E-state index contributed by atoms with van der Waals surface area (Å²) >= 11 is 0. The number of fused-ring (bicyclic) bond motifs is 1. The van der Waals surface area contributed by atoms with Crippen LogP contribution < -0.4 is 16.2 Å². The predicted molar refractivity (Wildman–Crippen MR) is 82.4 cm³/mol. The van der Waals surface area contributed by atoms with Gasteiger partial charge in [-0.3, -0.25) is 9.59 Å². The van der Waals surface area contributed by atoms with Crippen molar-refractivity contribution < 1.29 is 4.79 Å². The fourth-order valence-corrected chi connectivity index (χ4v) is 2.63. The molecule has 1 unspecified atom stereocenters. The fraction of sp³-hybridized carbons (Fsp3) is 0.467. The van der Waals surface area contributed by atoms with Gasteiger partial charge in [0.2, 0.25) is 5.91 Å². The molecule has 0 bridgehead atoms. The Morgan fingerprint density at radius 3 is 3.09 bits per heavy atom. The molecule has 7 heteroatoms. The number of aromatic nitrogens is 3. The highest BCUT2D eigenvalue weighted by Crippen LogP contribution is 2.04. The van der Waals surface area contributed by atoms with Gasteiger partial charge in [-0.1, -0.05) is 17.3 Å². The number of aryl methyl sites for hydroxylation is 1. The molecule has 1 amide bonds. The lowest BCUT2D eigenvalue weighted by Gasteiger charge is -2.11. The lowest BCUT2D eigenvalue weighted by molar-refractivity contribution is -0.121. The highest BCUT2D eigenvalue weighted by molar-refractivity contribution is 5.77. The first kappa shape index (κ1) is 14.6. The SMILES string of the molecule is O=C(CCn1nnc2ccccc2c1=O)NCC1CCCN1. The molecule has 1 aromatic heterocycles. The van der Waals surface area contributed by atoms with Crippen LogP contribution in [0.25, 0.3) is 10.9 Å². The Bertz CT molecular complexity index is 721. The number of benzene rings is 1. The van der Waals surface area contributed by atoms with Crippen molar-refractivity contribution in [3.63, 3.8) is 0 Å². The second kappa shape index (κ2) is 6.65. The van der Waals surface area contributed by atoms with E-state index in [1.165, 1.54) is 4.68 Å². The van der Waals surface area contributed by atoms with Crippen LogP contribution in [0.5, 0.6) is 0 Å². The van der Waals surface area contributed by atoms with Gasteiger partial charge in [0.1, 0.15) is 5.52 Å². The molecule has 2 aromatic rings. The van der Waals surface area contributed by atoms with Crippen LogP contribution in [0.1, 0.15) is 19.3 Å². The fourth-order valence-electron chi connectivity index (χ4n) is 2.63. The van der Waals surface area contributed by atoms with Crippen molar-refractivity contribution in [1.82, 2.24) is 25.6 Å². The van der Waals surface area contributed by atoms with Gasteiger partial charge < -0.3 is 10.6 Å². The lowest BCUT2D eigenvalue weighted by Crippen LogP contribution is -2.38. The number of amides is 1. The first-order valence-electron chi connectivity index (χ1n) is 7.56. The van der Waals surface area contributed by atoms with Crippen molar-refractivity contribution in [2.45, 2.75) is 31.8 Å². The molecule has 1 aromatic carbocycles. The van der Waals surface area contributed by atoms with Gasteiger partial charge in [0.25, 0.3) is 5.56 Å². The van der Waals surface area contributed by atoms with E-state index >= 15 is 0 Å². The maximum atomic E-state index is 12.2. The van der Waals surface area contributed by atoms with Crippen LogP contribution in [0.3, 0.4) is 0 Å². The zero-order chi connectivity index (χ0) is 15.4. The van der Waals surface area contributed by atoms with Crippen LogP contribution in [0, 0.1) is 0 Å². The minimum atomic E-state index is -0.212. The van der Waals surface area contributed by atoms with Crippen molar-refractivity contribution in [2.75, 3.05) is 13.1 Å². The van der Waals surface area contributed by atoms with Crippen molar-refractivity contribution in [1.29, 1.82) is 0 Å². The van der Waals surface area contributed by atoms with Gasteiger partial charge in [0.05, 0.1) is 11.9 Å². The number of carbonyl (C=O) groups is 1. The van der Waals surface area contributed by atoms with Crippen molar-refractivity contribution in [2.24, 2.45) is 0 Å². The highest BCUT2D eigenvalue weighted by atomic mass is 16.2. The molecule has 1 atom stereocenters. The second-order valence-electron chi connectivity index (χ2n) is 5.48. The molecular weight excluding hydrogens is 282 g/mol. The van der Waals surface area contributed by atoms with Gasteiger partial charge in [-0.2, -0.15) is 0 Å². The Hall–Kier alpha value is -2.28. The average molecular weight is 301 g/mol. The molecule has 0 saturated carbocycles. The van der Waals surface area contributed by atoms with Gasteiger partial charge in [0.15, 0.2) is 0 Å². The number of hydrogen-bond acceptors (Lipinski definition) is 5. The van der Waals surface area contributed by atoms with Gasteiger partial charge in [-0.05, 0) is 31.5 Å². The van der Waals surface area contributed by atoms with E-state index in [9.17, 15) is 9.59 Å². The van der Waals surface area contributed by atoms with Gasteiger partial charge in [0, 0.05) is 19.0 Å². The second-order valence-corrected chi connectivity index (χ2v) is 5.48. The molecule has 2 heterocycles. The molecule has 1 aliphatic rings. The minimum Gasteiger partial charge on any atom is -0.354 e. The largest absolute Gasteiger partial charge is 0.354 e. The van der Waals surface area contributed by atoms with E-state index in [2.05, 4.69) is 20.9 Å². The monoisotopic (exact) mass is 301 g/mol. The summed E-state index contributed by atoms with van der Waals surface area (Å²) in [5.41, 5.74) is 0.358. The highest BCUT2D eigenvalue weighted by Gasteiger charge is 2.14. The van der Waals surface area contributed by atoms with E-state index in [-0.39, 0.29) is 24.4 Å². The summed E-state index contributed by atoms with van der Waals surface area (Å²) in [4.78, 5) is 24.1. The number of carbonyl (C=O) groups excluding carboxylic acids is 1. The summed E-state index contributed by atoms with van der Waals surface area (Å²) < 4.78 is 1.25. The number of hydrogen-bond donors (Lipinski definition) is 2. The number of nitrogens with zero attached hydrogens (tertiary/aromatic N) is 3. The third kappa shape index (κ3) is 3.30. The summed E-state index contributed by atoms with van der Waals surface area (Å²) in [5, 5.41) is 14.6. The Morgan fingerprint density at radius 2 is 2.27 bits per heavy atom. The molecule has 1 fully saturated rings. The smallest absolute Gasteiger partial charge is 0.277 e. The Kier molecular flexibility index (Phi) is 4.43. The maximum Gasteiger partial charge on any atom is 0.277 e. The standard InChI is InChI=1S/C15H19N5O2/c21-14(17-10-11-4-3-8-16-11)7-9-20-15(22)12-5-1-2-6-13(12)18-19-20/h1-2,5-6,11,16H,3-4,7-10H2,(H,17,21). The summed E-state index contributed by atoms with van der Waals surface area (Å²) in [6.45, 7) is 1.89. The van der Waals surface area contributed by atoms with Gasteiger partial charge in [-0.15, -0.1) is 5.10 Å². The zero-order valence-corrected chi connectivity index (χ0v) is 12.3. The average Bonchev–Trinajstić information content (AvgIpc) is 3.06. The van der Waals surface area contributed by atoms with E-state index in [0.717, 1.165) is 19.4 Å². The third-order valence-corrected chi connectivity index (χ3v) is 3.89. The van der Waals surface area contributed by atoms with Crippen LogP contribution in [0.15, 0.2) is 29.1 Å². The van der Waals surface area contributed by atoms with Crippen LogP contribution >= 0.6 is 0 Å². The molecular formula is C15H19N5O2. The van der Waals surface area contributed by atoms with E-state index in [1.54, 1.807) is 18.2 Å². The van der Waals surface area contributed by atoms with E-state index in [4.69, 9.17) is 0 Å². The molecule has 3 rings (SSSR count). The van der Waals surface area contributed by atoms with Gasteiger partial charge >= 0.3 is 0 Å². The van der Waals surface area contributed by atoms with Crippen LogP contribution in [0.4, 0.5) is 0 Å². The molecule has 0 spiro atoms. The maximum absolute atomic E-state index is 12.2. The van der Waals surface area contributed by atoms with E-state index in [1.807, 2.05) is 6.07 Å². The molecule has 2 N–H and O–H groups in total. The number of rotatable bonds is 5. The first-order valence-corrected chi connectivity index (χ1v) is 7.56. The molecule has 116 valence electrons. The van der Waals surface area contributed by atoms with Crippen LogP contribution in [0.2, 0.25) is 0 Å². The Labute approximate surface area is 127 Å². The molecule has 22 heavy (non-hydrogen) atoms. The first-order chi connectivity index (χ1) is 10.7. The molecule has 0 aliphatic carbocycles. The quantitative estimate of drug-likeness (QED) is 0.814. The predicted octanol–water partition coefficient (Wildman–Crippen LogP) is 0.0498. The summed E-state index contributed by atoms with van der Waals surface area (Å²) in [6.07, 6.45) is 2.47. The van der Waals surface area contributed by atoms with E-state index in [0.29, 0.717) is 23.5 Å². The topological polar surface area (TPSA) is 88.9 Å². The number of nitrogens with one attached hydrogen (secondary N) is 2. The molecule has 1 saturated heterocycles. The van der Waals surface area contributed by atoms with Crippen molar-refractivity contribution >= 4 is 16.8 Å². The summed E-state index contributed by atoms with van der Waals surface area (Å²) in [6, 6.07) is 7.43. The minimum absolute atomic E-state index is 0.0736. The van der Waals surface area contributed by atoms with Crippen molar-refractivity contribution in [3.8, 4) is 0 Å². The third-order valence-electron chi connectivity index (χ3n) is 3.89.